The number of benzene rings is 1. The molecule has 0 amide bonds. The topological polar surface area (TPSA) is 83.5 Å². The molecule has 156 valence electrons. The van der Waals surface area contributed by atoms with Crippen molar-refractivity contribution in [1.82, 2.24) is 0 Å². The highest BCUT2D eigenvalue weighted by Gasteiger charge is 2.72. The Morgan fingerprint density at radius 3 is 2.66 bits per heavy atom. The normalized spacial score (nSPS) is 34.7. The number of hydrogen-bond acceptors (Lipinski definition) is 7. The molecule has 1 saturated carbocycles. The van der Waals surface area contributed by atoms with Crippen molar-refractivity contribution in [2.75, 3.05) is 28.1 Å². The predicted molar refractivity (Wildman–Crippen MR) is 104 cm³/mol. The largest absolute Gasteiger partial charge is 0.493 e. The van der Waals surface area contributed by atoms with Gasteiger partial charge in [-0.25, -0.2) is 0 Å². The zero-order valence-corrected chi connectivity index (χ0v) is 17.1. The minimum Gasteiger partial charge on any atom is -0.493 e. The first-order valence-corrected chi connectivity index (χ1v) is 9.54. The molecule has 1 aliphatic heterocycles. The summed E-state index contributed by atoms with van der Waals surface area (Å²) >= 11 is 0. The molecule has 1 heterocycles. The summed E-state index contributed by atoms with van der Waals surface area (Å²) < 4.78 is 27.8. The van der Waals surface area contributed by atoms with Crippen LogP contribution in [0.2, 0.25) is 0 Å². The standard InChI is InChI=1S/C22H26O7/c1-6-7-21-10-16(26-4)19(23)22(27-5,20(21)24)17(12(21)2)13-8-14(25-3)18-15(9-13)28-11-29-18/h6,8-10,12,17,20,24H,1,7,11H2,2-5H3/t12-,17+,20-,21-,22+/m1/s1. The number of ketones is 1. The number of rotatable bonds is 6. The zero-order valence-electron chi connectivity index (χ0n) is 17.1. The molecular weight excluding hydrogens is 376 g/mol. The Bertz CT molecular complexity index is 891. The Labute approximate surface area is 169 Å². The van der Waals surface area contributed by atoms with Crippen molar-refractivity contribution in [3.63, 3.8) is 0 Å². The first-order valence-electron chi connectivity index (χ1n) is 9.54. The molecule has 4 rings (SSSR count). The highest BCUT2D eigenvalue weighted by molar-refractivity contribution is 6.04. The third kappa shape index (κ3) is 2.34. The van der Waals surface area contributed by atoms with E-state index in [1.165, 1.54) is 14.2 Å². The van der Waals surface area contributed by atoms with Crippen LogP contribution in [0.3, 0.4) is 0 Å². The van der Waals surface area contributed by atoms with Crippen LogP contribution in [-0.2, 0) is 14.3 Å². The van der Waals surface area contributed by atoms with Gasteiger partial charge < -0.3 is 28.8 Å². The molecule has 2 bridgehead atoms. The van der Waals surface area contributed by atoms with E-state index in [2.05, 4.69) is 6.58 Å². The molecule has 7 heteroatoms. The van der Waals surface area contributed by atoms with Crippen molar-refractivity contribution < 1.29 is 33.6 Å². The maximum atomic E-state index is 13.5. The van der Waals surface area contributed by atoms with E-state index in [1.807, 2.05) is 19.1 Å². The molecule has 1 aromatic carbocycles. The fourth-order valence-electron chi connectivity index (χ4n) is 5.43. The summed E-state index contributed by atoms with van der Waals surface area (Å²) in [6.45, 7) is 5.97. The highest BCUT2D eigenvalue weighted by Crippen LogP contribution is 2.64. The molecule has 0 aromatic heterocycles. The van der Waals surface area contributed by atoms with E-state index in [9.17, 15) is 9.90 Å². The van der Waals surface area contributed by atoms with Crippen molar-refractivity contribution in [3.05, 3.63) is 42.2 Å². The summed E-state index contributed by atoms with van der Waals surface area (Å²) in [4.78, 5) is 13.5. The van der Waals surface area contributed by atoms with Gasteiger partial charge in [0.25, 0.3) is 0 Å². The smallest absolute Gasteiger partial charge is 0.232 e. The van der Waals surface area contributed by atoms with Gasteiger partial charge in [-0.2, -0.15) is 0 Å². The van der Waals surface area contributed by atoms with Crippen LogP contribution >= 0.6 is 0 Å². The van der Waals surface area contributed by atoms with Gasteiger partial charge in [0.05, 0.1) is 14.2 Å². The van der Waals surface area contributed by atoms with Gasteiger partial charge in [-0.1, -0.05) is 13.0 Å². The lowest BCUT2D eigenvalue weighted by atomic mass is 9.70. The van der Waals surface area contributed by atoms with Crippen LogP contribution in [0.1, 0.15) is 24.8 Å². The fraction of sp³-hybridized carbons (Fsp3) is 0.500. The third-order valence-corrected chi connectivity index (χ3v) is 6.80. The van der Waals surface area contributed by atoms with E-state index in [4.69, 9.17) is 23.7 Å². The van der Waals surface area contributed by atoms with Crippen molar-refractivity contribution in [3.8, 4) is 17.2 Å². The Morgan fingerprint density at radius 1 is 1.28 bits per heavy atom. The molecule has 1 aromatic rings. The Balaban J connectivity index is 1.96. The number of ether oxygens (including phenoxy) is 5. The average molecular weight is 402 g/mol. The van der Waals surface area contributed by atoms with Gasteiger partial charge in [-0.3, -0.25) is 4.79 Å². The van der Waals surface area contributed by atoms with Gasteiger partial charge in [0.15, 0.2) is 22.9 Å². The summed E-state index contributed by atoms with van der Waals surface area (Å²) in [5, 5.41) is 11.5. The van der Waals surface area contributed by atoms with Gasteiger partial charge in [0, 0.05) is 18.4 Å². The molecule has 29 heavy (non-hydrogen) atoms. The highest BCUT2D eigenvalue weighted by atomic mass is 16.7. The number of hydrogen-bond donors (Lipinski definition) is 1. The molecule has 7 nitrogen and oxygen atoms in total. The molecule has 0 unspecified atom stereocenters. The van der Waals surface area contributed by atoms with Crippen LogP contribution in [-0.4, -0.2) is 50.7 Å². The number of carbonyl (C=O) groups is 1. The molecule has 0 radical (unpaired) electrons. The van der Waals surface area contributed by atoms with Crippen LogP contribution in [0.15, 0.2) is 36.6 Å². The minimum atomic E-state index is -1.50. The van der Waals surface area contributed by atoms with Crippen LogP contribution in [0, 0.1) is 11.3 Å². The quantitative estimate of drug-likeness (QED) is 0.732. The molecule has 1 fully saturated rings. The maximum absolute atomic E-state index is 13.5. The fourth-order valence-corrected chi connectivity index (χ4v) is 5.43. The van der Waals surface area contributed by atoms with Gasteiger partial charge in [0.2, 0.25) is 18.3 Å². The first-order chi connectivity index (χ1) is 13.9. The second kappa shape index (κ2) is 6.78. The van der Waals surface area contributed by atoms with Crippen molar-refractivity contribution in [2.45, 2.75) is 31.0 Å². The molecular formula is C22H26O7. The number of allylic oxidation sites excluding steroid dienone is 1. The lowest BCUT2D eigenvalue weighted by Gasteiger charge is -2.41. The molecule has 1 N–H and O–H groups in total. The number of aliphatic hydroxyl groups is 1. The molecule has 0 spiro atoms. The number of methoxy groups -OCH3 is 3. The SMILES string of the molecule is C=CC[C@@]12C=C(OC)C(=O)[C@@](OC)([C@H](c3cc(OC)c4c(c3)OCO4)[C@H]1C)[C@@H]2O. The molecule has 5 atom stereocenters. The number of carbonyl (C=O) groups excluding carboxylic acids is 1. The van der Waals surface area contributed by atoms with Crippen LogP contribution < -0.4 is 14.2 Å². The number of aliphatic hydroxyl groups excluding tert-OH is 1. The molecule has 3 aliphatic rings. The van der Waals surface area contributed by atoms with E-state index in [1.54, 1.807) is 19.3 Å². The van der Waals surface area contributed by atoms with Gasteiger partial charge in [-0.15, -0.1) is 6.58 Å². The van der Waals surface area contributed by atoms with E-state index in [0.29, 0.717) is 23.7 Å². The van der Waals surface area contributed by atoms with Crippen LogP contribution in [0.4, 0.5) is 0 Å². The Morgan fingerprint density at radius 2 is 2.03 bits per heavy atom. The summed E-state index contributed by atoms with van der Waals surface area (Å²) in [5.41, 5.74) is -1.49. The van der Waals surface area contributed by atoms with Crippen molar-refractivity contribution in [2.24, 2.45) is 11.3 Å². The van der Waals surface area contributed by atoms with Gasteiger partial charge >= 0.3 is 0 Å². The van der Waals surface area contributed by atoms with E-state index >= 15 is 0 Å². The van der Waals surface area contributed by atoms with E-state index in [-0.39, 0.29) is 24.3 Å². The summed E-state index contributed by atoms with van der Waals surface area (Å²) in [7, 11) is 4.45. The number of fused-ring (bicyclic) bond motifs is 3. The second-order valence-corrected chi connectivity index (χ2v) is 7.77. The second-order valence-electron chi connectivity index (χ2n) is 7.77. The summed E-state index contributed by atoms with van der Waals surface area (Å²) in [6, 6.07) is 3.66. The maximum Gasteiger partial charge on any atom is 0.232 e. The van der Waals surface area contributed by atoms with E-state index < -0.39 is 23.0 Å². The number of Topliss-reactive ketones (excluding diaryl/α,β-unsaturated/α-hetero) is 1. The van der Waals surface area contributed by atoms with Crippen LogP contribution in [0.25, 0.3) is 0 Å². The monoisotopic (exact) mass is 402 g/mol. The molecule has 0 saturated heterocycles. The lowest BCUT2D eigenvalue weighted by molar-refractivity contribution is -0.162. The third-order valence-electron chi connectivity index (χ3n) is 6.80. The lowest BCUT2D eigenvalue weighted by Crippen LogP contribution is -2.57. The minimum absolute atomic E-state index is 0.0993. The molecule has 2 aliphatic carbocycles. The van der Waals surface area contributed by atoms with Crippen molar-refractivity contribution in [1.29, 1.82) is 0 Å². The van der Waals surface area contributed by atoms with Crippen LogP contribution in [0.5, 0.6) is 17.2 Å². The zero-order chi connectivity index (χ0) is 21.0. The first kappa shape index (κ1) is 19.8. The predicted octanol–water partition coefficient (Wildman–Crippen LogP) is 2.58. The Hall–Kier alpha value is -2.51. The van der Waals surface area contributed by atoms with E-state index in [0.717, 1.165) is 5.56 Å². The summed E-state index contributed by atoms with van der Waals surface area (Å²) in [6.07, 6.45) is 2.90. The van der Waals surface area contributed by atoms with Gasteiger partial charge in [0.1, 0.15) is 6.10 Å². The van der Waals surface area contributed by atoms with Gasteiger partial charge in [-0.05, 0) is 36.1 Å². The Kier molecular flexibility index (Phi) is 4.63. The summed E-state index contributed by atoms with van der Waals surface area (Å²) in [5.74, 6) is 0.759. The average Bonchev–Trinajstić information content (AvgIpc) is 3.24. The van der Waals surface area contributed by atoms with Crippen molar-refractivity contribution >= 4 is 5.78 Å².